The van der Waals surface area contributed by atoms with Crippen molar-refractivity contribution in [3.05, 3.63) is 234 Å². The van der Waals surface area contributed by atoms with Crippen LogP contribution in [0.25, 0.3) is 118 Å². The van der Waals surface area contributed by atoms with Gasteiger partial charge in [0.15, 0.2) is 0 Å². The van der Waals surface area contributed by atoms with Crippen LogP contribution in [0.15, 0.2) is 212 Å². The van der Waals surface area contributed by atoms with Crippen LogP contribution in [0.2, 0.25) is 0 Å². The van der Waals surface area contributed by atoms with Gasteiger partial charge >= 0.3 is 0 Å². The highest BCUT2D eigenvalue weighted by atomic mass is 32.1. The standard InChI is InChI=1S/C65H36N6S2/c1-37-64-49(46-22-8-15-29-58(46)72-64)34-38-32-39(33-38)68(37)59-50(35-66)51(36-67)60(71-56-27-13-6-20-44(56)47-30-31-48-45-21-7-14-28-57(45)73-65(48)61(47)71)63(70-54-25-11-4-18-42(54)43-19-5-12-26-55(43)70)62(59)69-52-23-9-2-16-40(52)41-17-3-10-24-53(41)69/h2-33H,1,34H2. The molecule has 1 aliphatic carbocycles. The van der Waals surface area contributed by atoms with Crippen LogP contribution in [0.3, 0.4) is 0 Å². The number of hydrogen-bond acceptors (Lipinski definition) is 5. The maximum atomic E-state index is 12.3. The predicted molar refractivity (Wildman–Crippen MR) is 305 cm³/mol. The van der Waals surface area contributed by atoms with E-state index in [0.29, 0.717) is 11.4 Å². The number of nitriles is 2. The fourth-order valence-corrected chi connectivity index (χ4v) is 14.8. The number of rotatable bonds is 4. The zero-order valence-electron chi connectivity index (χ0n) is 38.9. The molecule has 3 aliphatic rings. The number of allylic oxidation sites excluding steroid dienone is 3. The van der Waals surface area contributed by atoms with Crippen LogP contribution in [0.1, 0.15) is 21.6 Å². The molecule has 0 unspecified atom stereocenters. The largest absolute Gasteiger partial charge is 0.306 e. The smallest absolute Gasteiger partial charge is 0.103 e. The Balaban J connectivity index is 1.20. The summed E-state index contributed by atoms with van der Waals surface area (Å²) in [6.07, 6.45) is 5.25. The van der Waals surface area contributed by atoms with Crippen molar-refractivity contribution in [3.63, 3.8) is 0 Å². The van der Waals surface area contributed by atoms with Gasteiger partial charge in [0.2, 0.25) is 0 Å². The molecule has 0 fully saturated rings. The van der Waals surface area contributed by atoms with Crippen molar-refractivity contribution >= 4 is 130 Å². The van der Waals surface area contributed by atoms with Gasteiger partial charge in [0.05, 0.1) is 82.3 Å². The lowest BCUT2D eigenvalue weighted by Crippen LogP contribution is -2.28. The van der Waals surface area contributed by atoms with Gasteiger partial charge < -0.3 is 18.6 Å². The molecular weight excluding hydrogens is 929 g/mol. The first-order valence-corrected chi connectivity index (χ1v) is 26.0. The van der Waals surface area contributed by atoms with E-state index in [1.807, 2.05) is 0 Å². The SMILES string of the molecule is C=C1c2sc3ccccc3c2CC2=CC(=C2)N1c1c(C#N)c(C#N)c(-n2c3ccccc3c3ccc4c5ccccc5sc4c32)c(-n2c3ccccc3c3ccccc32)c1-n1c2ccccc2c2ccccc21. The van der Waals surface area contributed by atoms with E-state index >= 15 is 0 Å². The Morgan fingerprint density at radius 2 is 0.836 bits per heavy atom. The van der Waals surface area contributed by atoms with Crippen molar-refractivity contribution in [2.75, 3.05) is 4.90 Å². The summed E-state index contributed by atoms with van der Waals surface area (Å²) in [5, 5.41) is 34.6. The number of thiophene rings is 2. The van der Waals surface area contributed by atoms with Crippen LogP contribution in [-0.2, 0) is 6.42 Å². The summed E-state index contributed by atoms with van der Waals surface area (Å²) in [5.74, 6) is 0. The molecule has 338 valence electrons. The molecule has 9 aromatic carbocycles. The zero-order chi connectivity index (χ0) is 48.2. The summed E-state index contributed by atoms with van der Waals surface area (Å²) >= 11 is 3.51. The molecule has 8 heteroatoms. The van der Waals surface area contributed by atoms with Crippen LogP contribution < -0.4 is 4.90 Å². The van der Waals surface area contributed by atoms with Crippen LogP contribution >= 0.6 is 22.7 Å². The molecule has 0 amide bonds. The van der Waals surface area contributed by atoms with Crippen molar-refractivity contribution in [2.45, 2.75) is 6.42 Å². The second-order valence-corrected chi connectivity index (χ2v) is 21.2. The lowest BCUT2D eigenvalue weighted by Gasteiger charge is -2.37. The van der Waals surface area contributed by atoms with Gasteiger partial charge in [-0.1, -0.05) is 146 Å². The molecule has 0 spiro atoms. The van der Waals surface area contributed by atoms with E-state index in [-0.39, 0.29) is 11.1 Å². The molecule has 2 bridgehead atoms. The molecule has 17 rings (SSSR count). The van der Waals surface area contributed by atoms with Gasteiger partial charge in [-0.2, -0.15) is 10.5 Å². The van der Waals surface area contributed by atoms with E-state index in [1.165, 1.54) is 31.3 Å². The Kier molecular flexibility index (Phi) is 8.17. The van der Waals surface area contributed by atoms with Gasteiger partial charge in [-0.25, -0.2) is 0 Å². The molecular formula is C65H36N6S2. The molecule has 6 nitrogen and oxygen atoms in total. The summed E-state index contributed by atoms with van der Waals surface area (Å²) in [6.45, 7) is 5.02. The van der Waals surface area contributed by atoms with Crippen LogP contribution in [0.4, 0.5) is 5.69 Å². The number of hydrogen-bond donors (Lipinski definition) is 0. The molecule has 2 aliphatic heterocycles. The highest BCUT2D eigenvalue weighted by Crippen LogP contribution is 2.54. The third-order valence-electron chi connectivity index (χ3n) is 15.4. The van der Waals surface area contributed by atoms with E-state index in [0.717, 1.165) is 110 Å². The van der Waals surface area contributed by atoms with Crippen molar-refractivity contribution in [2.24, 2.45) is 0 Å². The molecule has 14 aromatic rings. The maximum Gasteiger partial charge on any atom is 0.103 e. The van der Waals surface area contributed by atoms with Gasteiger partial charge in [0, 0.05) is 58.2 Å². The molecule has 0 atom stereocenters. The quantitative estimate of drug-likeness (QED) is 0.176. The van der Waals surface area contributed by atoms with Gasteiger partial charge in [-0.15, -0.1) is 22.7 Å². The zero-order valence-corrected chi connectivity index (χ0v) is 40.5. The highest BCUT2D eigenvalue weighted by Gasteiger charge is 2.39. The van der Waals surface area contributed by atoms with Crippen LogP contribution in [0.5, 0.6) is 0 Å². The summed E-state index contributed by atoms with van der Waals surface area (Å²) in [4.78, 5) is 3.26. The Morgan fingerprint density at radius 3 is 1.38 bits per heavy atom. The molecule has 73 heavy (non-hydrogen) atoms. The van der Waals surface area contributed by atoms with Crippen molar-refractivity contribution < 1.29 is 0 Å². The second kappa shape index (κ2) is 14.8. The van der Waals surface area contributed by atoms with Crippen molar-refractivity contribution in [1.29, 1.82) is 10.5 Å². The normalized spacial score (nSPS) is 13.6. The summed E-state index contributed by atoms with van der Waals surface area (Å²) in [5.41, 5.74) is 13.2. The number of para-hydroxylation sites is 5. The number of benzene rings is 9. The minimum absolute atomic E-state index is 0.264. The molecule has 5 aromatic heterocycles. The molecule has 7 heterocycles. The Hall–Kier alpha value is -9.44. The maximum absolute atomic E-state index is 12.3. The highest BCUT2D eigenvalue weighted by molar-refractivity contribution is 7.26. The Labute approximate surface area is 425 Å². The minimum atomic E-state index is 0.264. The number of aromatic nitrogens is 3. The first-order valence-electron chi connectivity index (χ1n) is 24.4. The van der Waals surface area contributed by atoms with E-state index < -0.39 is 0 Å². The number of anilines is 1. The second-order valence-electron chi connectivity index (χ2n) is 19.0. The van der Waals surface area contributed by atoms with E-state index in [2.05, 4.69) is 225 Å². The lowest BCUT2D eigenvalue weighted by atomic mass is 9.89. The van der Waals surface area contributed by atoms with E-state index in [9.17, 15) is 10.5 Å². The third kappa shape index (κ3) is 5.27. The molecule has 0 saturated carbocycles. The van der Waals surface area contributed by atoms with Gasteiger partial charge in [-0.05, 0) is 77.6 Å². The van der Waals surface area contributed by atoms with Crippen LogP contribution in [0, 0.1) is 22.7 Å². The van der Waals surface area contributed by atoms with E-state index in [4.69, 9.17) is 6.58 Å². The summed E-state index contributed by atoms with van der Waals surface area (Å²) in [6, 6.07) is 70.1. The molecule has 0 radical (unpaired) electrons. The third-order valence-corrected chi connectivity index (χ3v) is 17.8. The molecule has 0 N–H and O–H groups in total. The van der Waals surface area contributed by atoms with Gasteiger partial charge in [0.1, 0.15) is 12.1 Å². The van der Waals surface area contributed by atoms with Crippen molar-refractivity contribution in [1.82, 2.24) is 13.7 Å². The fourth-order valence-electron chi connectivity index (χ4n) is 12.4. The van der Waals surface area contributed by atoms with Gasteiger partial charge in [-0.3, -0.25) is 0 Å². The number of nitrogens with zero attached hydrogens (tertiary/aromatic N) is 6. The monoisotopic (exact) mass is 964 g/mol. The van der Waals surface area contributed by atoms with E-state index in [1.54, 1.807) is 22.7 Å². The number of fused-ring (bicyclic) bond motifs is 15. The fraction of sp³-hybridized carbons (Fsp3) is 0.0154. The average Bonchev–Trinajstić information content (AvgIpc) is 4.23. The Bertz CT molecular complexity index is 4900. The molecule has 0 saturated heterocycles. The summed E-state index contributed by atoms with van der Waals surface area (Å²) in [7, 11) is 0. The predicted octanol–water partition coefficient (Wildman–Crippen LogP) is 17.2. The Morgan fingerprint density at radius 1 is 0.411 bits per heavy atom. The van der Waals surface area contributed by atoms with Crippen molar-refractivity contribution in [3.8, 4) is 29.2 Å². The lowest BCUT2D eigenvalue weighted by molar-refractivity contribution is 1.02. The van der Waals surface area contributed by atoms with Gasteiger partial charge in [0.25, 0.3) is 0 Å². The first kappa shape index (κ1) is 40.3. The first-order chi connectivity index (χ1) is 36.1. The summed E-state index contributed by atoms with van der Waals surface area (Å²) < 4.78 is 10.5. The minimum Gasteiger partial charge on any atom is -0.306 e. The topological polar surface area (TPSA) is 65.6 Å². The average molecular weight is 965 g/mol. The van der Waals surface area contributed by atoms with Crippen LogP contribution in [-0.4, -0.2) is 13.7 Å².